The number of hydrogen-bond acceptors (Lipinski definition) is 1. The minimum Gasteiger partial charge on any atom is -0.337 e. The van der Waals surface area contributed by atoms with E-state index < -0.39 is 5.38 Å². The number of alkyl halides is 1. The van der Waals surface area contributed by atoms with Gasteiger partial charge in [-0.25, -0.2) is 0 Å². The van der Waals surface area contributed by atoms with Gasteiger partial charge >= 0.3 is 0 Å². The van der Waals surface area contributed by atoms with Gasteiger partial charge in [0.15, 0.2) is 0 Å². The molecule has 0 saturated heterocycles. The maximum atomic E-state index is 12.3. The predicted octanol–water partition coefficient (Wildman–Crippen LogP) is 3.48. The third-order valence-corrected chi connectivity index (χ3v) is 3.23. The first kappa shape index (κ1) is 15.0. The van der Waals surface area contributed by atoms with Crippen LogP contribution in [0.5, 0.6) is 0 Å². The van der Waals surface area contributed by atoms with Crippen molar-refractivity contribution in [2.24, 2.45) is 0 Å². The second kappa shape index (κ2) is 6.79. The highest BCUT2D eigenvalue weighted by Gasteiger charge is 2.26. The zero-order valence-corrected chi connectivity index (χ0v) is 12.3. The molecule has 1 aromatic carbocycles. The maximum Gasteiger partial charge on any atom is 0.241 e. The van der Waals surface area contributed by atoms with Gasteiger partial charge in [0, 0.05) is 12.1 Å². The number of nitrogens with zero attached hydrogens (tertiary/aromatic N) is 1. The molecule has 1 amide bonds. The van der Waals surface area contributed by atoms with E-state index in [1.165, 1.54) is 0 Å². The summed E-state index contributed by atoms with van der Waals surface area (Å²) < 4.78 is 0. The highest BCUT2D eigenvalue weighted by Crippen LogP contribution is 2.15. The fraction of sp³-hybridized carbons (Fsp3) is 0.533. The van der Waals surface area contributed by atoms with E-state index in [1.807, 2.05) is 62.9 Å². The van der Waals surface area contributed by atoms with E-state index in [2.05, 4.69) is 0 Å². The van der Waals surface area contributed by atoms with Gasteiger partial charge in [0.25, 0.3) is 0 Å². The lowest BCUT2D eigenvalue weighted by molar-refractivity contribution is -0.134. The molecule has 0 unspecified atom stereocenters. The molecule has 0 saturated carbocycles. The molecule has 0 N–H and O–H groups in total. The van der Waals surface area contributed by atoms with Crippen LogP contribution >= 0.6 is 11.6 Å². The summed E-state index contributed by atoms with van der Waals surface area (Å²) in [7, 11) is 0. The molecule has 18 heavy (non-hydrogen) atoms. The van der Waals surface area contributed by atoms with Crippen LogP contribution in [0.25, 0.3) is 0 Å². The number of hydrogen-bond donors (Lipinski definition) is 0. The molecule has 3 heteroatoms. The predicted molar refractivity (Wildman–Crippen MR) is 76.9 cm³/mol. The monoisotopic (exact) mass is 267 g/mol. The third kappa shape index (κ3) is 4.02. The molecule has 0 aromatic heterocycles. The molecule has 0 aliphatic rings. The molecule has 0 spiro atoms. The minimum atomic E-state index is -0.489. The van der Waals surface area contributed by atoms with Crippen LogP contribution in [0.2, 0.25) is 0 Å². The Bertz CT molecular complexity index is 367. The number of rotatable bonds is 5. The lowest BCUT2D eigenvalue weighted by Crippen LogP contribution is -2.46. The zero-order valence-electron chi connectivity index (χ0n) is 11.6. The summed E-state index contributed by atoms with van der Waals surface area (Å²) in [4.78, 5) is 14.2. The van der Waals surface area contributed by atoms with Gasteiger partial charge in [0.05, 0.1) is 0 Å². The normalized spacial score (nSPS) is 12.8. The smallest absolute Gasteiger partial charge is 0.241 e. The Morgan fingerprint density at radius 3 is 2.06 bits per heavy atom. The van der Waals surface area contributed by atoms with Crippen molar-refractivity contribution in [1.29, 1.82) is 0 Å². The van der Waals surface area contributed by atoms with Crippen molar-refractivity contribution in [2.45, 2.75) is 51.6 Å². The van der Waals surface area contributed by atoms with E-state index >= 15 is 0 Å². The van der Waals surface area contributed by atoms with E-state index in [9.17, 15) is 4.79 Å². The molecule has 1 atom stereocenters. The first-order valence-electron chi connectivity index (χ1n) is 6.43. The van der Waals surface area contributed by atoms with E-state index in [4.69, 9.17) is 11.6 Å². The molecule has 0 heterocycles. The third-order valence-electron chi connectivity index (χ3n) is 2.89. The van der Waals surface area contributed by atoms with Crippen molar-refractivity contribution >= 4 is 17.5 Å². The lowest BCUT2D eigenvalue weighted by atomic mass is 10.1. The summed E-state index contributed by atoms with van der Waals surface area (Å²) in [5.74, 6) is 0.0190. The summed E-state index contributed by atoms with van der Waals surface area (Å²) in [6, 6.07) is 10.2. The number of carbonyl (C=O) groups is 1. The van der Waals surface area contributed by atoms with E-state index in [-0.39, 0.29) is 18.0 Å². The summed E-state index contributed by atoms with van der Waals surface area (Å²) in [5.41, 5.74) is 1.10. The summed E-state index contributed by atoms with van der Waals surface area (Å²) in [5, 5.41) is -0.489. The Kier molecular flexibility index (Phi) is 5.67. The molecule has 1 aromatic rings. The summed E-state index contributed by atoms with van der Waals surface area (Å²) >= 11 is 6.26. The molecule has 0 aliphatic heterocycles. The van der Waals surface area contributed by atoms with Crippen LogP contribution in [-0.4, -0.2) is 28.3 Å². The molecule has 1 rings (SSSR count). The van der Waals surface area contributed by atoms with Crippen LogP contribution in [0.1, 0.15) is 33.3 Å². The van der Waals surface area contributed by atoms with Crippen LogP contribution in [0.15, 0.2) is 30.3 Å². The van der Waals surface area contributed by atoms with Gasteiger partial charge in [0.1, 0.15) is 5.38 Å². The van der Waals surface area contributed by atoms with Crippen molar-refractivity contribution < 1.29 is 4.79 Å². The van der Waals surface area contributed by atoms with Gasteiger partial charge in [-0.3, -0.25) is 4.79 Å². The summed E-state index contributed by atoms with van der Waals surface area (Å²) in [6.45, 7) is 8.07. The molecule has 0 radical (unpaired) electrons. The molecular formula is C15H22ClNO. The van der Waals surface area contributed by atoms with Gasteiger partial charge in [-0.2, -0.15) is 0 Å². The van der Waals surface area contributed by atoms with Gasteiger partial charge < -0.3 is 4.90 Å². The zero-order chi connectivity index (χ0) is 13.7. The Labute approximate surface area is 115 Å². The van der Waals surface area contributed by atoms with Crippen molar-refractivity contribution in [3.05, 3.63) is 35.9 Å². The molecule has 0 fully saturated rings. The largest absolute Gasteiger partial charge is 0.337 e. The van der Waals surface area contributed by atoms with Crippen LogP contribution in [0.3, 0.4) is 0 Å². The van der Waals surface area contributed by atoms with Gasteiger partial charge in [0.2, 0.25) is 5.91 Å². The maximum absolute atomic E-state index is 12.3. The van der Waals surface area contributed by atoms with Crippen molar-refractivity contribution in [3.63, 3.8) is 0 Å². The molecular weight excluding hydrogens is 246 g/mol. The van der Waals surface area contributed by atoms with E-state index in [0.29, 0.717) is 6.42 Å². The highest BCUT2D eigenvalue weighted by molar-refractivity contribution is 6.30. The Balaban J connectivity index is 2.71. The van der Waals surface area contributed by atoms with Gasteiger partial charge in [-0.05, 0) is 39.7 Å². The van der Waals surface area contributed by atoms with Gasteiger partial charge in [-0.15, -0.1) is 11.6 Å². The first-order chi connectivity index (χ1) is 8.43. The molecule has 0 bridgehead atoms. The van der Waals surface area contributed by atoms with Gasteiger partial charge in [-0.1, -0.05) is 30.3 Å². The van der Waals surface area contributed by atoms with Crippen LogP contribution < -0.4 is 0 Å². The quantitative estimate of drug-likeness (QED) is 0.748. The number of amides is 1. The number of benzene rings is 1. The fourth-order valence-corrected chi connectivity index (χ4v) is 2.47. The van der Waals surface area contributed by atoms with Crippen molar-refractivity contribution in [1.82, 2.24) is 4.90 Å². The lowest BCUT2D eigenvalue weighted by Gasteiger charge is -2.32. The highest BCUT2D eigenvalue weighted by atomic mass is 35.5. The topological polar surface area (TPSA) is 20.3 Å². The molecule has 2 nitrogen and oxygen atoms in total. The van der Waals surface area contributed by atoms with Crippen molar-refractivity contribution in [2.75, 3.05) is 0 Å². The number of carbonyl (C=O) groups excluding carboxylic acids is 1. The van der Waals surface area contributed by atoms with E-state index in [1.54, 1.807) is 0 Å². The average Bonchev–Trinajstić information content (AvgIpc) is 2.29. The van der Waals surface area contributed by atoms with E-state index in [0.717, 1.165) is 5.56 Å². The Morgan fingerprint density at radius 1 is 1.11 bits per heavy atom. The second-order valence-electron chi connectivity index (χ2n) is 5.09. The van der Waals surface area contributed by atoms with Crippen LogP contribution in [-0.2, 0) is 11.2 Å². The van der Waals surface area contributed by atoms with Crippen LogP contribution in [0, 0.1) is 0 Å². The molecule has 100 valence electrons. The van der Waals surface area contributed by atoms with Crippen LogP contribution in [0.4, 0.5) is 0 Å². The SMILES string of the molecule is CC(C)N(C(=O)[C@H](Cl)Cc1ccccc1)C(C)C. The fourth-order valence-electron chi connectivity index (χ4n) is 2.18. The van der Waals surface area contributed by atoms with Crippen molar-refractivity contribution in [3.8, 4) is 0 Å². The summed E-state index contributed by atoms with van der Waals surface area (Å²) in [6.07, 6.45) is 0.581. The Morgan fingerprint density at radius 2 is 1.61 bits per heavy atom. The average molecular weight is 268 g/mol. The standard InChI is InChI=1S/C15H22ClNO/c1-11(2)17(12(3)4)15(18)14(16)10-13-8-6-5-7-9-13/h5-9,11-12,14H,10H2,1-4H3/t14-/m1/s1. The Hall–Kier alpha value is -1.02. The number of halogens is 1. The minimum absolute atomic E-state index is 0.0190. The second-order valence-corrected chi connectivity index (χ2v) is 5.62. The first-order valence-corrected chi connectivity index (χ1v) is 6.87. The molecule has 0 aliphatic carbocycles.